The number of halogens is 3. The third kappa shape index (κ3) is 4.88. The van der Waals surface area contributed by atoms with Crippen molar-refractivity contribution in [2.45, 2.75) is 20.3 Å². The van der Waals surface area contributed by atoms with E-state index in [-0.39, 0.29) is 42.0 Å². The predicted octanol–water partition coefficient (Wildman–Crippen LogP) is 4.43. The van der Waals surface area contributed by atoms with Gasteiger partial charge in [-0.3, -0.25) is 4.79 Å². The summed E-state index contributed by atoms with van der Waals surface area (Å²) in [5.74, 6) is -3.49. The molecule has 0 aliphatic heterocycles. The molecule has 0 bridgehead atoms. The van der Waals surface area contributed by atoms with Crippen molar-refractivity contribution in [1.82, 2.24) is 10.2 Å². The number of nitrogens with zero attached hydrogens (tertiary/aromatic N) is 2. The molecule has 0 saturated carbocycles. The lowest BCUT2D eigenvalue weighted by molar-refractivity contribution is -0.140. The smallest absolute Gasteiger partial charge is 0.315 e. The molecular formula is C20H19F3N4O3. The van der Waals surface area contributed by atoms with Gasteiger partial charge in [0.2, 0.25) is 0 Å². The molecule has 2 aromatic carbocycles. The van der Waals surface area contributed by atoms with Crippen LogP contribution < -0.4 is 10.6 Å². The SMILES string of the molecule is CCc1ccc(Nc2c(-c3nnc(NCCOC(C)=O)o3)ccc(F)c2F)c(F)c1. The molecule has 1 aromatic heterocycles. The highest BCUT2D eigenvalue weighted by Gasteiger charge is 2.20. The van der Waals surface area contributed by atoms with Gasteiger partial charge in [-0.15, -0.1) is 5.10 Å². The first-order valence-corrected chi connectivity index (χ1v) is 9.13. The fourth-order valence-electron chi connectivity index (χ4n) is 2.62. The molecule has 0 atom stereocenters. The van der Waals surface area contributed by atoms with E-state index in [1.54, 1.807) is 6.07 Å². The van der Waals surface area contributed by atoms with Crippen molar-refractivity contribution in [3.8, 4) is 11.5 Å². The van der Waals surface area contributed by atoms with Crippen molar-refractivity contribution in [1.29, 1.82) is 0 Å². The van der Waals surface area contributed by atoms with E-state index in [4.69, 9.17) is 9.15 Å². The Hall–Kier alpha value is -3.56. The number of esters is 1. The predicted molar refractivity (Wildman–Crippen MR) is 104 cm³/mol. The maximum atomic E-state index is 14.5. The third-order valence-corrected chi connectivity index (χ3v) is 4.14. The molecule has 0 fully saturated rings. The summed E-state index contributed by atoms with van der Waals surface area (Å²) >= 11 is 0. The first-order valence-electron chi connectivity index (χ1n) is 9.13. The largest absolute Gasteiger partial charge is 0.464 e. The summed E-state index contributed by atoms with van der Waals surface area (Å²) in [5, 5.41) is 12.9. The van der Waals surface area contributed by atoms with Gasteiger partial charge in [0.1, 0.15) is 12.4 Å². The van der Waals surface area contributed by atoms with Crippen LogP contribution in [0.5, 0.6) is 0 Å². The van der Waals surface area contributed by atoms with E-state index in [2.05, 4.69) is 20.8 Å². The second-order valence-electron chi connectivity index (χ2n) is 6.26. The molecule has 0 amide bonds. The minimum atomic E-state index is -1.21. The Kier molecular flexibility index (Phi) is 6.55. The van der Waals surface area contributed by atoms with E-state index in [0.29, 0.717) is 6.42 Å². The van der Waals surface area contributed by atoms with Crippen molar-refractivity contribution in [3.63, 3.8) is 0 Å². The average molecular weight is 420 g/mol. The topological polar surface area (TPSA) is 89.3 Å². The van der Waals surface area contributed by atoms with Crippen LogP contribution in [0.15, 0.2) is 34.7 Å². The number of hydrogen-bond acceptors (Lipinski definition) is 7. The van der Waals surface area contributed by atoms with Gasteiger partial charge >= 0.3 is 12.0 Å². The number of carbonyl (C=O) groups excluding carboxylic acids is 1. The van der Waals surface area contributed by atoms with E-state index in [9.17, 15) is 18.0 Å². The number of aromatic nitrogens is 2. The highest BCUT2D eigenvalue weighted by Crippen LogP contribution is 2.34. The van der Waals surface area contributed by atoms with Crippen LogP contribution in [0.2, 0.25) is 0 Å². The molecule has 0 aliphatic rings. The maximum absolute atomic E-state index is 14.5. The van der Waals surface area contributed by atoms with E-state index >= 15 is 0 Å². The molecule has 1 heterocycles. The number of hydrogen-bond donors (Lipinski definition) is 2. The Balaban J connectivity index is 1.86. The van der Waals surface area contributed by atoms with Crippen molar-refractivity contribution in [3.05, 3.63) is 53.3 Å². The fourth-order valence-corrected chi connectivity index (χ4v) is 2.62. The number of rotatable bonds is 8. The van der Waals surface area contributed by atoms with Crippen LogP contribution in [-0.4, -0.2) is 29.3 Å². The van der Waals surface area contributed by atoms with Gasteiger partial charge < -0.3 is 19.8 Å². The lowest BCUT2D eigenvalue weighted by atomic mass is 10.1. The molecule has 30 heavy (non-hydrogen) atoms. The summed E-state index contributed by atoms with van der Waals surface area (Å²) in [7, 11) is 0. The monoisotopic (exact) mass is 420 g/mol. The number of ether oxygens (including phenoxy) is 1. The molecule has 0 saturated heterocycles. The molecule has 0 unspecified atom stereocenters. The minimum absolute atomic E-state index is 0.00804. The third-order valence-electron chi connectivity index (χ3n) is 4.14. The zero-order valence-corrected chi connectivity index (χ0v) is 16.3. The summed E-state index contributed by atoms with van der Waals surface area (Å²) in [6.07, 6.45) is 0.631. The average Bonchev–Trinajstić information content (AvgIpc) is 3.18. The number of carbonyl (C=O) groups is 1. The van der Waals surface area contributed by atoms with Gasteiger partial charge in [-0.05, 0) is 36.2 Å². The number of nitrogens with one attached hydrogen (secondary N) is 2. The minimum Gasteiger partial charge on any atom is -0.464 e. The van der Waals surface area contributed by atoms with Gasteiger partial charge in [-0.2, -0.15) is 0 Å². The molecule has 3 rings (SSSR count). The Labute approximate surface area is 170 Å². The van der Waals surface area contributed by atoms with Gasteiger partial charge in [0.25, 0.3) is 5.89 Å². The zero-order chi connectivity index (χ0) is 21.7. The first kappa shape index (κ1) is 21.2. The molecule has 10 heteroatoms. The Morgan fingerprint density at radius 3 is 2.63 bits per heavy atom. The van der Waals surface area contributed by atoms with Crippen LogP contribution >= 0.6 is 0 Å². The number of aryl methyl sites for hydroxylation is 1. The first-order chi connectivity index (χ1) is 14.4. The Bertz CT molecular complexity index is 1060. The summed E-state index contributed by atoms with van der Waals surface area (Å²) in [6.45, 7) is 3.44. The molecule has 0 spiro atoms. The van der Waals surface area contributed by atoms with Crippen LogP contribution in [0.25, 0.3) is 11.5 Å². The van der Waals surface area contributed by atoms with Crippen LogP contribution in [-0.2, 0) is 16.0 Å². The van der Waals surface area contributed by atoms with Crippen molar-refractivity contribution in [2.75, 3.05) is 23.8 Å². The quantitative estimate of drug-likeness (QED) is 0.411. The Morgan fingerprint density at radius 2 is 1.93 bits per heavy atom. The van der Waals surface area contributed by atoms with E-state index in [1.807, 2.05) is 6.92 Å². The van der Waals surface area contributed by atoms with Crippen molar-refractivity contribution in [2.24, 2.45) is 0 Å². The van der Waals surface area contributed by atoms with Crippen molar-refractivity contribution >= 4 is 23.4 Å². The van der Waals surface area contributed by atoms with Crippen LogP contribution in [0.3, 0.4) is 0 Å². The second kappa shape index (κ2) is 9.29. The summed E-state index contributed by atoms with van der Waals surface area (Å²) in [4.78, 5) is 10.7. The molecule has 0 aliphatic carbocycles. The standard InChI is InChI=1S/C20H19F3N4O3/c1-3-12-4-7-16(15(22)10-12)25-18-13(5-6-14(21)17(18)23)19-26-27-20(30-19)24-8-9-29-11(2)28/h4-7,10,25H,3,8-9H2,1-2H3,(H,24,27). The van der Waals surface area contributed by atoms with Gasteiger partial charge in [0.05, 0.1) is 23.5 Å². The summed E-state index contributed by atoms with van der Waals surface area (Å²) in [5.41, 5.74) is 0.443. The molecule has 158 valence electrons. The normalized spacial score (nSPS) is 10.7. The Morgan fingerprint density at radius 1 is 1.13 bits per heavy atom. The maximum Gasteiger partial charge on any atom is 0.315 e. The van der Waals surface area contributed by atoms with Gasteiger partial charge in [0.15, 0.2) is 11.6 Å². The van der Waals surface area contributed by atoms with E-state index in [1.165, 1.54) is 25.1 Å². The highest BCUT2D eigenvalue weighted by molar-refractivity contribution is 5.78. The lowest BCUT2D eigenvalue weighted by Crippen LogP contribution is -2.11. The highest BCUT2D eigenvalue weighted by atomic mass is 19.2. The molecular weight excluding hydrogens is 401 g/mol. The summed E-state index contributed by atoms with van der Waals surface area (Å²) in [6, 6.07) is 6.58. The van der Waals surface area contributed by atoms with Gasteiger partial charge in [-0.25, -0.2) is 13.2 Å². The van der Waals surface area contributed by atoms with Gasteiger partial charge in [-0.1, -0.05) is 18.1 Å². The molecule has 7 nitrogen and oxygen atoms in total. The van der Waals surface area contributed by atoms with E-state index in [0.717, 1.165) is 11.6 Å². The number of anilines is 3. The molecule has 0 radical (unpaired) electrons. The summed E-state index contributed by atoms with van der Waals surface area (Å²) < 4.78 is 52.9. The fraction of sp³-hybridized carbons (Fsp3) is 0.250. The van der Waals surface area contributed by atoms with Crippen LogP contribution in [0.4, 0.5) is 30.6 Å². The van der Waals surface area contributed by atoms with Crippen molar-refractivity contribution < 1.29 is 27.1 Å². The second-order valence-corrected chi connectivity index (χ2v) is 6.26. The zero-order valence-electron chi connectivity index (χ0n) is 16.3. The van der Waals surface area contributed by atoms with E-state index < -0.39 is 23.4 Å². The van der Waals surface area contributed by atoms with Crippen LogP contribution in [0.1, 0.15) is 19.4 Å². The number of benzene rings is 2. The molecule has 2 N–H and O–H groups in total. The van der Waals surface area contributed by atoms with Gasteiger partial charge in [0, 0.05) is 6.92 Å². The van der Waals surface area contributed by atoms with Crippen LogP contribution in [0, 0.1) is 17.5 Å². The lowest BCUT2D eigenvalue weighted by Gasteiger charge is -2.13. The molecule has 3 aromatic rings.